The highest BCUT2D eigenvalue weighted by Crippen LogP contribution is 2.65. The van der Waals surface area contributed by atoms with E-state index in [9.17, 15) is 62.7 Å². The Morgan fingerprint density at radius 1 is 0.701 bits per heavy atom. The molecule has 3 fully saturated rings. The van der Waals surface area contributed by atoms with Crippen molar-refractivity contribution >= 4 is 82.5 Å². The normalized spacial score (nSPS) is 29.8. The van der Waals surface area contributed by atoms with Crippen molar-refractivity contribution in [3.8, 4) is 0 Å². The molecular formula is C33H48N16O24P4. The molecule has 3 saturated heterocycles. The molecule has 0 amide bonds. The van der Waals surface area contributed by atoms with Crippen LogP contribution in [0, 0.1) is 0 Å². The molecule has 0 aliphatic carbocycles. The number of aliphatic hydroxyl groups excluding tert-OH is 3. The first-order valence-electron chi connectivity index (χ1n) is 21.5. The van der Waals surface area contributed by atoms with Crippen molar-refractivity contribution in [1.29, 1.82) is 0 Å². The molecule has 9 rings (SSSR count). The predicted molar refractivity (Wildman–Crippen MR) is 245 cm³/mol. The van der Waals surface area contributed by atoms with E-state index in [0.29, 0.717) is 0 Å². The lowest BCUT2D eigenvalue weighted by atomic mass is 10.1. The number of fused-ring (bicyclic) bond motifs is 3. The fraction of sp³-hybridized carbons (Fsp3) is 0.545. The Morgan fingerprint density at radius 2 is 1.27 bits per heavy atom. The number of quaternary nitrogens is 1. The van der Waals surface area contributed by atoms with Crippen LogP contribution < -0.4 is 48.8 Å². The van der Waals surface area contributed by atoms with Crippen molar-refractivity contribution in [2.24, 2.45) is 7.05 Å². The van der Waals surface area contributed by atoms with Gasteiger partial charge in [-0.05, 0) is 0 Å². The van der Waals surface area contributed by atoms with E-state index in [1.165, 1.54) is 27.1 Å². The van der Waals surface area contributed by atoms with Gasteiger partial charge in [-0.3, -0.25) is 51.4 Å². The summed E-state index contributed by atoms with van der Waals surface area (Å²) in [7, 11) is -20.4. The fourth-order valence-electron chi connectivity index (χ4n) is 8.55. The number of nitrogen functional groups attached to an aromatic ring is 3. The number of imidazole rings is 3. The molecule has 16 atom stereocenters. The number of hydrogen-bond donors (Lipinski definition) is 11. The minimum atomic E-state index is -6.30. The van der Waals surface area contributed by atoms with E-state index in [4.69, 9.17) is 59.0 Å². The Morgan fingerprint density at radius 3 is 1.92 bits per heavy atom. The molecule has 6 aromatic heterocycles. The van der Waals surface area contributed by atoms with Crippen molar-refractivity contribution in [3.63, 3.8) is 0 Å². The number of H-pyrrole nitrogens is 2. The minimum absolute atomic E-state index is 0. The number of aryl methyl sites for hydroxylation is 1. The molecule has 40 nitrogen and oxygen atoms in total. The summed E-state index contributed by atoms with van der Waals surface area (Å²) in [6.07, 6.45) is -14.9. The van der Waals surface area contributed by atoms with Crippen LogP contribution in [0.5, 0.6) is 0 Å². The molecule has 44 heteroatoms. The van der Waals surface area contributed by atoms with Crippen molar-refractivity contribution in [3.05, 3.63) is 46.0 Å². The molecule has 0 saturated carbocycles. The highest BCUT2D eigenvalue weighted by Gasteiger charge is 2.53. The lowest BCUT2D eigenvalue weighted by molar-refractivity contribution is -0.745. The van der Waals surface area contributed by atoms with Gasteiger partial charge in [0, 0.05) is 14.2 Å². The number of nitrogens with two attached hydrogens (primary N) is 3. The molecule has 77 heavy (non-hydrogen) atoms. The second-order valence-electron chi connectivity index (χ2n) is 16.6. The predicted octanol–water partition coefficient (Wildman–Crippen LogP) is -4.94. The Hall–Kier alpha value is -5.19. The second kappa shape index (κ2) is 21.8. The summed E-state index contributed by atoms with van der Waals surface area (Å²) in [5.41, 5.74) is 15.5. The molecule has 0 spiro atoms. The maximum absolute atomic E-state index is 13.7. The number of methoxy groups -OCH3 is 2. The van der Waals surface area contributed by atoms with Gasteiger partial charge >= 0.3 is 21.3 Å². The Kier molecular flexibility index (Phi) is 16.4. The Bertz CT molecular complexity index is 3490. The zero-order chi connectivity index (χ0) is 55.0. The molecule has 0 radical (unpaired) electrons. The van der Waals surface area contributed by atoms with E-state index in [2.05, 4.69) is 48.5 Å². The van der Waals surface area contributed by atoms with Crippen LogP contribution in [0.1, 0.15) is 18.7 Å². The molecule has 0 bridgehead atoms. The van der Waals surface area contributed by atoms with E-state index >= 15 is 0 Å². The third kappa shape index (κ3) is 11.6. The molecule has 17 N–H and O–H groups in total. The SMILES string of the molecule is CO[C@@H]1[C@H](OP(=O)(O)OC[C@H]2O[C@@H](n3cnc4c(=O)[nH]c(N)nc43)[C@H](O)[C@@H]2O)[C@@H](COP(=O)([O-])OP(=O)(O)OP(=O)([O-])OC[C@H]2O[C@@H]([n+]3cn(C)c4c(=O)[nH]c(N)nc43)[C@H](O)[C@@H]2OC)O[C@H]1n1cnc2c(N)ncnc21.[NH4+]. The number of nitrogens with zero attached hydrogens (tertiary/aromatic N) is 10. The van der Waals surface area contributed by atoms with Gasteiger partial charge in [0.05, 0.1) is 39.5 Å². The number of aromatic nitrogens is 12. The number of phosphoric ester groups is 3. The summed E-state index contributed by atoms with van der Waals surface area (Å²) in [6, 6.07) is 0. The summed E-state index contributed by atoms with van der Waals surface area (Å²) in [5.74, 6) is -0.703. The molecular weight excluding hydrogens is 1130 g/mol. The number of nitrogens with one attached hydrogen (secondary N) is 2. The van der Waals surface area contributed by atoms with Crippen LogP contribution in [-0.2, 0) is 75.7 Å². The standard InChI is InChI=1S/C33H45N15O24P4.H3N/c1-45-10-48(26-16(45)28(53)44-33(36)42-26)30-19(51)20(62-2)12(68-30)5-65-74(56,57)71-76(60,61)72-75(58,59)66-6-13-21(22(63-3)31(69-13)46-8-39-14-23(34)37-7-38-24(14)46)70-73(54,55)64-4-11-17(49)18(50)29(67-11)47-9-40-15-25(47)41-32(35)43-27(15)52;/h7-13,17-22,29-31,49-51H,4-6H2,1-3H3,(H11-,34,35,36,37,38,41,42,43,44,52,53,54,55,56,57,58,59,60,61);1H3/t11-,12-,13-,17-,18-,19-,20-,21-,22-,29-,30-,31-;/m1./s1. The van der Waals surface area contributed by atoms with Crippen molar-refractivity contribution in [2.75, 3.05) is 51.2 Å². The Balaban J connectivity index is 0.00000784. The van der Waals surface area contributed by atoms with Gasteiger partial charge in [-0.25, -0.2) is 42.3 Å². The van der Waals surface area contributed by atoms with Gasteiger partial charge in [-0.2, -0.15) is 4.98 Å². The number of rotatable bonds is 20. The first-order valence-corrected chi connectivity index (χ1v) is 27.4. The molecule has 3 aliphatic rings. The third-order valence-corrected chi connectivity index (χ3v) is 17.0. The van der Waals surface area contributed by atoms with Crippen LogP contribution in [0.2, 0.25) is 0 Å². The topological polar surface area (TPSA) is 593 Å². The Labute approximate surface area is 427 Å². The molecule has 9 heterocycles. The van der Waals surface area contributed by atoms with Gasteiger partial charge in [0.2, 0.25) is 17.7 Å². The number of phosphoric acid groups is 4. The third-order valence-electron chi connectivity index (χ3n) is 11.8. The quantitative estimate of drug-likeness (QED) is 0.0252. The van der Waals surface area contributed by atoms with Crippen LogP contribution >= 0.6 is 31.3 Å². The van der Waals surface area contributed by atoms with E-state index in [1.807, 2.05) is 0 Å². The summed E-state index contributed by atoms with van der Waals surface area (Å²) in [5, 5.41) is 32.8. The van der Waals surface area contributed by atoms with Crippen LogP contribution in [0.3, 0.4) is 0 Å². The molecule has 6 aromatic rings. The van der Waals surface area contributed by atoms with E-state index in [-0.39, 0.29) is 57.4 Å². The number of aromatic amines is 2. The van der Waals surface area contributed by atoms with Gasteiger partial charge in [0.1, 0.15) is 66.8 Å². The number of ether oxygens (including phenoxy) is 5. The number of anilines is 3. The van der Waals surface area contributed by atoms with Gasteiger partial charge in [0.15, 0.2) is 41.4 Å². The molecule has 424 valence electrons. The second-order valence-corrected chi connectivity index (χ2v) is 22.6. The van der Waals surface area contributed by atoms with Crippen molar-refractivity contribution in [2.45, 2.75) is 73.6 Å². The van der Waals surface area contributed by atoms with Crippen molar-refractivity contribution in [1.82, 2.24) is 59.7 Å². The lowest BCUT2D eigenvalue weighted by Gasteiger charge is -2.30. The summed E-state index contributed by atoms with van der Waals surface area (Å²) < 4.78 is 114. The molecule has 0 aromatic carbocycles. The zero-order valence-electron chi connectivity index (χ0n) is 39.8. The highest BCUT2D eigenvalue weighted by atomic mass is 31.3. The maximum Gasteiger partial charge on any atom is 0.485 e. The summed E-state index contributed by atoms with van der Waals surface area (Å²) in [4.78, 5) is 101. The maximum atomic E-state index is 13.7. The zero-order valence-corrected chi connectivity index (χ0v) is 43.4. The van der Waals surface area contributed by atoms with Gasteiger partial charge < -0.3 is 91.0 Å². The number of hydrogen-bond acceptors (Lipinski definition) is 31. The van der Waals surface area contributed by atoms with Crippen LogP contribution in [0.25, 0.3) is 33.5 Å². The summed E-state index contributed by atoms with van der Waals surface area (Å²) >= 11 is 0. The molecule has 4 unspecified atom stereocenters. The van der Waals surface area contributed by atoms with Crippen LogP contribution in [-0.4, -0.2) is 168 Å². The smallest absolute Gasteiger partial charge is 0.485 e. The van der Waals surface area contributed by atoms with Gasteiger partial charge in [0.25, 0.3) is 32.7 Å². The van der Waals surface area contributed by atoms with Gasteiger partial charge in [-0.15, -0.1) is 0 Å². The number of aliphatic hydroxyl groups is 3. The van der Waals surface area contributed by atoms with Gasteiger partial charge in [-0.1, -0.05) is 4.98 Å². The highest BCUT2D eigenvalue weighted by molar-refractivity contribution is 7.66. The monoisotopic (exact) mass is 1180 g/mol. The molecule has 3 aliphatic heterocycles. The summed E-state index contributed by atoms with van der Waals surface area (Å²) in [6.45, 7) is -3.42. The van der Waals surface area contributed by atoms with Crippen LogP contribution in [0.4, 0.5) is 17.7 Å². The fourth-order valence-corrected chi connectivity index (χ4v) is 13.0. The first kappa shape index (κ1) is 58.0. The average Bonchev–Trinajstić information content (AvgIpc) is 4.18. The average molecular weight is 1180 g/mol. The van der Waals surface area contributed by atoms with Crippen molar-refractivity contribution < 1.29 is 108 Å². The lowest BCUT2D eigenvalue weighted by Crippen LogP contribution is -2.46. The minimum Gasteiger partial charge on any atom is -0.756 e. The van der Waals surface area contributed by atoms with E-state index in [1.54, 1.807) is 0 Å². The largest absolute Gasteiger partial charge is 0.756 e. The van der Waals surface area contributed by atoms with Crippen LogP contribution in [0.15, 0.2) is 34.9 Å². The van der Waals surface area contributed by atoms with E-state index in [0.717, 1.165) is 37.8 Å². The first-order chi connectivity index (χ1) is 35.7. The van der Waals surface area contributed by atoms with E-state index < -0.39 is 136 Å².